The number of aromatic nitrogens is 3. The van der Waals surface area contributed by atoms with Crippen LogP contribution in [0, 0.1) is 20.8 Å². The molecule has 1 saturated heterocycles. The highest BCUT2D eigenvalue weighted by molar-refractivity contribution is 7.80. The van der Waals surface area contributed by atoms with Gasteiger partial charge in [-0.2, -0.15) is 0 Å². The molecule has 39 heavy (non-hydrogen) atoms. The molecule has 1 aliphatic heterocycles. The Morgan fingerprint density at radius 1 is 1.10 bits per heavy atom. The van der Waals surface area contributed by atoms with Gasteiger partial charge in [0.15, 0.2) is 5.11 Å². The summed E-state index contributed by atoms with van der Waals surface area (Å²) in [6.45, 7) is 7.01. The standard InChI is InChI=1S/C30H32N6O2S/c1-19-14-23(10-11-25(19)33-27(37)18-38-4)36-29(28(34-30(36)39)26-9-5-6-13-32-26)24-15-20(2)35(21(24)3)17-22-8-7-12-31-16-22/h5-16,28-29H,17-18H2,1-4H3,(H,33,37)(H,34,39)/t28-,29+/m1/s1. The molecule has 1 fully saturated rings. The fraction of sp³-hybridized carbons (Fsp3) is 0.267. The minimum atomic E-state index is -0.194. The maximum Gasteiger partial charge on any atom is 0.250 e. The Morgan fingerprint density at radius 3 is 2.64 bits per heavy atom. The highest BCUT2D eigenvalue weighted by atomic mass is 32.1. The number of aryl methyl sites for hydroxylation is 2. The van der Waals surface area contributed by atoms with Crippen molar-refractivity contribution < 1.29 is 9.53 Å². The fourth-order valence-electron chi connectivity index (χ4n) is 5.25. The van der Waals surface area contributed by atoms with Crippen molar-refractivity contribution in [2.24, 2.45) is 0 Å². The van der Waals surface area contributed by atoms with E-state index in [-0.39, 0.29) is 24.6 Å². The lowest BCUT2D eigenvalue weighted by Gasteiger charge is -2.29. The summed E-state index contributed by atoms with van der Waals surface area (Å²) in [7, 11) is 1.50. The SMILES string of the molecule is COCC(=O)Nc1ccc(N2C(=S)N[C@H](c3ccccn3)[C@@H]2c2cc(C)n(Cc3cccnc3)c2C)cc1C. The maximum absolute atomic E-state index is 12.1. The van der Waals surface area contributed by atoms with Crippen LogP contribution < -0.4 is 15.5 Å². The van der Waals surface area contributed by atoms with Crippen molar-refractivity contribution in [1.29, 1.82) is 0 Å². The number of carbonyl (C=O) groups excluding carboxylic acids is 1. The van der Waals surface area contributed by atoms with E-state index in [0.29, 0.717) is 5.11 Å². The molecule has 2 atom stereocenters. The first kappa shape index (κ1) is 26.5. The summed E-state index contributed by atoms with van der Waals surface area (Å²) in [6, 6.07) is 17.9. The first-order valence-corrected chi connectivity index (χ1v) is 13.2. The van der Waals surface area contributed by atoms with E-state index in [1.807, 2.05) is 55.7 Å². The fourth-order valence-corrected chi connectivity index (χ4v) is 5.59. The van der Waals surface area contributed by atoms with E-state index < -0.39 is 0 Å². The van der Waals surface area contributed by atoms with Crippen molar-refractivity contribution >= 4 is 34.6 Å². The van der Waals surface area contributed by atoms with Crippen LogP contribution >= 0.6 is 12.2 Å². The number of nitrogens with zero attached hydrogens (tertiary/aromatic N) is 4. The Hall–Kier alpha value is -4.08. The largest absolute Gasteiger partial charge is 0.375 e. The lowest BCUT2D eigenvalue weighted by molar-refractivity contribution is -0.119. The van der Waals surface area contributed by atoms with Gasteiger partial charge in [0.2, 0.25) is 5.91 Å². The monoisotopic (exact) mass is 540 g/mol. The normalized spacial score (nSPS) is 16.8. The molecule has 5 rings (SSSR count). The Labute approximate surface area is 234 Å². The van der Waals surface area contributed by atoms with Gasteiger partial charge in [0.1, 0.15) is 6.61 Å². The third kappa shape index (κ3) is 5.41. The van der Waals surface area contributed by atoms with Gasteiger partial charge in [0.05, 0.1) is 17.8 Å². The summed E-state index contributed by atoms with van der Waals surface area (Å²) in [6.07, 6.45) is 5.51. The van der Waals surface area contributed by atoms with Crippen molar-refractivity contribution in [1.82, 2.24) is 19.9 Å². The number of hydrogen-bond acceptors (Lipinski definition) is 5. The summed E-state index contributed by atoms with van der Waals surface area (Å²) in [4.78, 5) is 23.2. The van der Waals surface area contributed by atoms with Gasteiger partial charge in [-0.3, -0.25) is 14.8 Å². The van der Waals surface area contributed by atoms with Crippen molar-refractivity contribution in [3.8, 4) is 0 Å². The topological polar surface area (TPSA) is 84.3 Å². The Balaban J connectivity index is 1.56. The summed E-state index contributed by atoms with van der Waals surface area (Å²) in [5.41, 5.74) is 8.18. The predicted octanol–water partition coefficient (Wildman–Crippen LogP) is 5.01. The molecule has 0 unspecified atom stereocenters. The van der Waals surface area contributed by atoms with Crippen LogP contribution in [0.1, 0.15) is 45.9 Å². The molecule has 2 N–H and O–H groups in total. The van der Waals surface area contributed by atoms with Crippen LogP contribution in [-0.2, 0) is 16.1 Å². The zero-order chi connectivity index (χ0) is 27.5. The highest BCUT2D eigenvalue weighted by Crippen LogP contribution is 2.44. The molecule has 9 heteroatoms. The number of rotatable bonds is 8. The van der Waals surface area contributed by atoms with Crippen LogP contribution in [0.2, 0.25) is 0 Å². The van der Waals surface area contributed by atoms with Crippen molar-refractivity contribution in [3.63, 3.8) is 0 Å². The predicted molar refractivity (Wildman–Crippen MR) is 157 cm³/mol. The number of hydrogen-bond donors (Lipinski definition) is 2. The van der Waals surface area contributed by atoms with Crippen LogP contribution in [0.15, 0.2) is 73.2 Å². The summed E-state index contributed by atoms with van der Waals surface area (Å²) >= 11 is 5.93. The molecule has 3 aromatic heterocycles. The number of methoxy groups -OCH3 is 1. The van der Waals surface area contributed by atoms with Crippen LogP contribution in [0.5, 0.6) is 0 Å². The number of pyridine rings is 2. The van der Waals surface area contributed by atoms with Crippen molar-refractivity contribution in [2.75, 3.05) is 23.9 Å². The Morgan fingerprint density at radius 2 is 1.95 bits per heavy atom. The Bertz CT molecular complexity index is 1490. The van der Waals surface area contributed by atoms with E-state index >= 15 is 0 Å². The third-order valence-electron chi connectivity index (χ3n) is 7.13. The van der Waals surface area contributed by atoms with Crippen LogP contribution in [-0.4, -0.2) is 39.3 Å². The van der Waals surface area contributed by atoms with Crippen molar-refractivity contribution in [3.05, 3.63) is 107 Å². The number of amides is 1. The number of ether oxygens (including phenoxy) is 1. The van der Waals surface area contributed by atoms with E-state index in [1.165, 1.54) is 18.4 Å². The van der Waals surface area contributed by atoms with Gasteiger partial charge in [-0.05, 0) is 92.1 Å². The van der Waals surface area contributed by atoms with Gasteiger partial charge in [-0.25, -0.2) is 0 Å². The average Bonchev–Trinajstić information content (AvgIpc) is 3.42. The molecule has 0 bridgehead atoms. The van der Waals surface area contributed by atoms with E-state index in [9.17, 15) is 4.79 Å². The Kier molecular flexibility index (Phi) is 7.72. The molecule has 0 radical (unpaired) electrons. The second-order valence-electron chi connectivity index (χ2n) is 9.75. The smallest absolute Gasteiger partial charge is 0.250 e. The molecule has 0 aliphatic carbocycles. The molecular formula is C30H32N6O2S. The minimum Gasteiger partial charge on any atom is -0.375 e. The molecule has 8 nitrogen and oxygen atoms in total. The second-order valence-corrected chi connectivity index (χ2v) is 10.1. The molecule has 4 aromatic rings. The van der Waals surface area contributed by atoms with Crippen molar-refractivity contribution in [2.45, 2.75) is 39.4 Å². The second kappa shape index (κ2) is 11.3. The first-order chi connectivity index (χ1) is 18.9. The van der Waals surface area contributed by atoms with Gasteiger partial charge >= 0.3 is 0 Å². The number of benzene rings is 1. The quantitative estimate of drug-likeness (QED) is 0.304. The number of nitrogens with one attached hydrogen (secondary N) is 2. The van der Waals surface area contributed by atoms with Crippen LogP contribution in [0.3, 0.4) is 0 Å². The molecule has 0 spiro atoms. The molecule has 1 aliphatic rings. The molecule has 0 saturated carbocycles. The zero-order valence-corrected chi connectivity index (χ0v) is 23.3. The number of carbonyl (C=O) groups is 1. The third-order valence-corrected chi connectivity index (χ3v) is 7.45. The van der Waals surface area contributed by atoms with Gasteiger partial charge in [-0.15, -0.1) is 0 Å². The first-order valence-electron chi connectivity index (χ1n) is 12.8. The van der Waals surface area contributed by atoms with Crippen LogP contribution in [0.4, 0.5) is 11.4 Å². The molecule has 4 heterocycles. The van der Waals surface area contributed by atoms with Crippen LogP contribution in [0.25, 0.3) is 0 Å². The van der Waals surface area contributed by atoms with Gasteiger partial charge in [-0.1, -0.05) is 12.1 Å². The lowest BCUT2D eigenvalue weighted by Crippen LogP contribution is -2.29. The number of anilines is 2. The van der Waals surface area contributed by atoms with E-state index in [0.717, 1.165) is 40.4 Å². The lowest BCUT2D eigenvalue weighted by atomic mass is 9.96. The molecule has 1 aromatic carbocycles. The van der Waals surface area contributed by atoms with E-state index in [4.69, 9.17) is 17.0 Å². The molecule has 200 valence electrons. The zero-order valence-electron chi connectivity index (χ0n) is 22.5. The summed E-state index contributed by atoms with van der Waals surface area (Å²) in [5, 5.41) is 7.08. The van der Waals surface area contributed by atoms with Gasteiger partial charge in [0.25, 0.3) is 0 Å². The highest BCUT2D eigenvalue weighted by Gasteiger charge is 2.42. The molecule has 1 amide bonds. The molecular weight excluding hydrogens is 508 g/mol. The minimum absolute atomic E-state index is 0.00378. The summed E-state index contributed by atoms with van der Waals surface area (Å²) in [5.74, 6) is -0.194. The van der Waals surface area contributed by atoms with E-state index in [1.54, 1.807) is 6.20 Å². The number of thiocarbonyl (C=S) groups is 1. The van der Waals surface area contributed by atoms with Gasteiger partial charge in [0, 0.05) is 55.0 Å². The van der Waals surface area contributed by atoms with Gasteiger partial charge < -0.3 is 24.8 Å². The summed E-state index contributed by atoms with van der Waals surface area (Å²) < 4.78 is 7.28. The average molecular weight is 541 g/mol. The maximum atomic E-state index is 12.1. The van der Waals surface area contributed by atoms with E-state index in [2.05, 4.69) is 62.1 Å².